The van der Waals surface area contributed by atoms with E-state index in [1.54, 1.807) is 0 Å². The van der Waals surface area contributed by atoms with Gasteiger partial charge in [0.15, 0.2) is 0 Å². The van der Waals surface area contributed by atoms with E-state index in [9.17, 15) is 0 Å². The third-order valence-corrected chi connectivity index (χ3v) is 2.69. The number of hydrogen-bond acceptors (Lipinski definition) is 1. The summed E-state index contributed by atoms with van der Waals surface area (Å²) in [5.41, 5.74) is 0. The SMILES string of the molecule is [CH2]CC[CH]N(CCCCC)CCCCC. The largest absolute Gasteiger partial charge is 0.299 e. The zero-order valence-electron chi connectivity index (χ0n) is 10.8. The van der Waals surface area contributed by atoms with Crippen LogP contribution in [0, 0.1) is 13.5 Å². The van der Waals surface area contributed by atoms with Gasteiger partial charge in [-0.25, -0.2) is 0 Å². The van der Waals surface area contributed by atoms with Crippen molar-refractivity contribution in [1.29, 1.82) is 0 Å². The molecule has 2 radical (unpaired) electrons. The molecule has 0 heterocycles. The van der Waals surface area contributed by atoms with E-state index in [1.807, 2.05) is 0 Å². The molecule has 0 N–H and O–H groups in total. The van der Waals surface area contributed by atoms with Gasteiger partial charge in [-0.2, -0.15) is 0 Å². The molecule has 0 saturated carbocycles. The van der Waals surface area contributed by atoms with Gasteiger partial charge in [0.1, 0.15) is 0 Å². The fraction of sp³-hybridized carbons (Fsp3) is 0.857. The van der Waals surface area contributed by atoms with Gasteiger partial charge in [-0.05, 0) is 32.4 Å². The maximum absolute atomic E-state index is 3.89. The standard InChI is InChI=1S/C14H29N/c1-4-7-10-13-15(12-9-6-3)14-11-8-5-2/h12H,3-11,13-14H2,1-2H3. The Morgan fingerprint density at radius 3 is 1.87 bits per heavy atom. The molecule has 0 unspecified atom stereocenters. The predicted octanol–water partition coefficient (Wildman–Crippen LogP) is 4.44. The molecule has 1 nitrogen and oxygen atoms in total. The average Bonchev–Trinajstić information content (AvgIpc) is 2.25. The molecule has 0 saturated heterocycles. The second-order valence-electron chi connectivity index (χ2n) is 4.27. The molecule has 0 aliphatic carbocycles. The minimum Gasteiger partial charge on any atom is -0.299 e. The molecule has 0 atom stereocenters. The van der Waals surface area contributed by atoms with Crippen molar-refractivity contribution in [3.63, 3.8) is 0 Å². The first-order chi connectivity index (χ1) is 7.35. The molecule has 0 aromatic carbocycles. The summed E-state index contributed by atoms with van der Waals surface area (Å²) in [6, 6.07) is 0. The van der Waals surface area contributed by atoms with Crippen LogP contribution in [0.25, 0.3) is 0 Å². The Labute approximate surface area is 97.2 Å². The zero-order valence-corrected chi connectivity index (χ0v) is 10.8. The van der Waals surface area contributed by atoms with E-state index in [0.717, 1.165) is 12.8 Å². The Morgan fingerprint density at radius 1 is 0.933 bits per heavy atom. The van der Waals surface area contributed by atoms with E-state index in [-0.39, 0.29) is 0 Å². The van der Waals surface area contributed by atoms with Crippen molar-refractivity contribution in [1.82, 2.24) is 4.90 Å². The van der Waals surface area contributed by atoms with Gasteiger partial charge in [-0.1, -0.05) is 52.9 Å². The summed E-state index contributed by atoms with van der Waals surface area (Å²) in [7, 11) is 0. The van der Waals surface area contributed by atoms with Crippen molar-refractivity contribution in [3.8, 4) is 0 Å². The maximum atomic E-state index is 3.89. The molecule has 0 aromatic rings. The molecule has 0 amide bonds. The van der Waals surface area contributed by atoms with Crippen LogP contribution >= 0.6 is 0 Å². The Kier molecular flexibility index (Phi) is 12.0. The molecule has 90 valence electrons. The second-order valence-corrected chi connectivity index (χ2v) is 4.27. The van der Waals surface area contributed by atoms with Crippen LogP contribution in [0.4, 0.5) is 0 Å². The molecular formula is C14H29N. The highest BCUT2D eigenvalue weighted by molar-refractivity contribution is 4.69. The minimum atomic E-state index is 1.03. The lowest BCUT2D eigenvalue weighted by molar-refractivity contribution is 0.308. The second kappa shape index (κ2) is 12.0. The summed E-state index contributed by atoms with van der Waals surface area (Å²) in [5.74, 6) is 0. The minimum absolute atomic E-state index is 1.03. The van der Waals surface area contributed by atoms with Crippen LogP contribution in [0.5, 0.6) is 0 Å². The van der Waals surface area contributed by atoms with Crippen LogP contribution in [0.2, 0.25) is 0 Å². The highest BCUT2D eigenvalue weighted by Gasteiger charge is 2.03. The number of unbranched alkanes of at least 4 members (excludes halogenated alkanes) is 5. The fourth-order valence-corrected chi connectivity index (χ4v) is 1.70. The molecule has 0 aliphatic heterocycles. The normalized spacial score (nSPS) is 11.2. The first-order valence-electron chi connectivity index (χ1n) is 6.71. The maximum Gasteiger partial charge on any atom is 0.0251 e. The Bertz CT molecular complexity index is 102. The lowest BCUT2D eigenvalue weighted by Crippen LogP contribution is -2.23. The lowest BCUT2D eigenvalue weighted by Gasteiger charge is -2.21. The fourth-order valence-electron chi connectivity index (χ4n) is 1.70. The highest BCUT2D eigenvalue weighted by Crippen LogP contribution is 2.07. The third kappa shape index (κ3) is 10.2. The van der Waals surface area contributed by atoms with Gasteiger partial charge in [-0.3, -0.25) is 4.90 Å². The van der Waals surface area contributed by atoms with Crippen molar-refractivity contribution in [2.24, 2.45) is 0 Å². The average molecular weight is 211 g/mol. The Hall–Kier alpha value is -0.0400. The number of nitrogens with zero attached hydrogens (tertiary/aromatic N) is 1. The predicted molar refractivity (Wildman–Crippen MR) is 69.5 cm³/mol. The molecule has 15 heavy (non-hydrogen) atoms. The van der Waals surface area contributed by atoms with Crippen molar-refractivity contribution in [2.75, 3.05) is 13.1 Å². The van der Waals surface area contributed by atoms with E-state index in [1.165, 1.54) is 51.6 Å². The van der Waals surface area contributed by atoms with E-state index >= 15 is 0 Å². The van der Waals surface area contributed by atoms with E-state index in [2.05, 4.69) is 32.2 Å². The summed E-state index contributed by atoms with van der Waals surface area (Å²) >= 11 is 0. The van der Waals surface area contributed by atoms with Crippen LogP contribution in [-0.4, -0.2) is 18.0 Å². The van der Waals surface area contributed by atoms with Gasteiger partial charge in [-0.15, -0.1) is 0 Å². The van der Waals surface area contributed by atoms with E-state index in [4.69, 9.17) is 0 Å². The van der Waals surface area contributed by atoms with Crippen LogP contribution < -0.4 is 0 Å². The highest BCUT2D eigenvalue weighted by atomic mass is 15.1. The van der Waals surface area contributed by atoms with Crippen molar-refractivity contribution >= 4 is 0 Å². The smallest absolute Gasteiger partial charge is 0.0251 e. The summed E-state index contributed by atoms with van der Waals surface area (Å²) in [4.78, 5) is 2.51. The van der Waals surface area contributed by atoms with Crippen LogP contribution in [0.1, 0.15) is 65.2 Å². The van der Waals surface area contributed by atoms with Gasteiger partial charge < -0.3 is 0 Å². The molecule has 0 aromatic heterocycles. The van der Waals surface area contributed by atoms with Crippen LogP contribution in [-0.2, 0) is 0 Å². The van der Waals surface area contributed by atoms with Crippen molar-refractivity contribution in [2.45, 2.75) is 65.2 Å². The van der Waals surface area contributed by atoms with E-state index in [0.29, 0.717) is 0 Å². The number of rotatable bonds is 11. The monoisotopic (exact) mass is 211 g/mol. The molecule has 0 fully saturated rings. The molecule has 1 heteroatoms. The summed E-state index contributed by atoms with van der Waals surface area (Å²) in [5, 5.41) is 0. The van der Waals surface area contributed by atoms with Gasteiger partial charge in [0.05, 0.1) is 0 Å². The molecule has 0 rings (SSSR count). The van der Waals surface area contributed by atoms with Gasteiger partial charge in [0.25, 0.3) is 0 Å². The van der Waals surface area contributed by atoms with Crippen molar-refractivity contribution < 1.29 is 0 Å². The summed E-state index contributed by atoms with van der Waals surface area (Å²) in [6.07, 6.45) is 10.2. The zero-order chi connectivity index (χ0) is 11.4. The van der Waals surface area contributed by atoms with Gasteiger partial charge >= 0.3 is 0 Å². The molecular weight excluding hydrogens is 182 g/mol. The lowest BCUT2D eigenvalue weighted by atomic mass is 10.2. The number of hydrogen-bond donors (Lipinski definition) is 0. The Morgan fingerprint density at radius 2 is 1.47 bits per heavy atom. The quantitative estimate of drug-likeness (QED) is 0.457. The van der Waals surface area contributed by atoms with Crippen LogP contribution in [0.15, 0.2) is 0 Å². The van der Waals surface area contributed by atoms with Gasteiger partial charge in [0.2, 0.25) is 0 Å². The molecule has 0 aliphatic rings. The summed E-state index contributed by atoms with van der Waals surface area (Å²) < 4.78 is 0. The van der Waals surface area contributed by atoms with Crippen LogP contribution in [0.3, 0.4) is 0 Å². The topological polar surface area (TPSA) is 3.24 Å². The third-order valence-electron chi connectivity index (χ3n) is 2.69. The summed E-state index contributed by atoms with van der Waals surface area (Å²) in [6.45, 7) is 13.3. The van der Waals surface area contributed by atoms with E-state index < -0.39 is 0 Å². The van der Waals surface area contributed by atoms with Gasteiger partial charge in [0, 0.05) is 6.54 Å². The van der Waals surface area contributed by atoms with Crippen molar-refractivity contribution in [3.05, 3.63) is 13.5 Å². The molecule has 0 spiro atoms. The molecule has 0 bridgehead atoms. The first kappa shape index (κ1) is 15.0. The Balaban J connectivity index is 3.53. The first-order valence-corrected chi connectivity index (χ1v) is 6.71.